The summed E-state index contributed by atoms with van der Waals surface area (Å²) < 4.78 is 5.73. The zero-order chi connectivity index (χ0) is 20.4. The molecule has 2 aliphatic heterocycles. The minimum atomic E-state index is -0.242. The molecule has 0 radical (unpaired) electrons. The smallest absolute Gasteiger partial charge is 0.282 e. The maximum atomic E-state index is 13.4. The Balaban J connectivity index is 1.65. The van der Waals surface area contributed by atoms with Gasteiger partial charge in [0.05, 0.1) is 17.9 Å². The fraction of sp³-hybridized carbons (Fsp3) is 0.391. The standard InChI is InChI=1S/C23H26N2O3S/c1-16(2)15-28-18-10-8-17(9-11-18)25-22(26)20(19-7-6-14-29-19)21(23(25)27)24-12-4-3-5-13-24/h6-11,14,16H,3-5,12-13,15H2,1-2H3. The molecule has 6 heteroatoms. The van der Waals surface area contributed by atoms with Crippen LogP contribution in [0.2, 0.25) is 0 Å². The summed E-state index contributed by atoms with van der Waals surface area (Å²) in [5, 5.41) is 1.94. The zero-order valence-electron chi connectivity index (χ0n) is 16.9. The Bertz CT molecular complexity index is 910. The molecule has 0 bridgehead atoms. The fourth-order valence-electron chi connectivity index (χ4n) is 3.76. The molecule has 0 N–H and O–H groups in total. The van der Waals surface area contributed by atoms with Crippen molar-refractivity contribution >= 4 is 34.4 Å². The lowest BCUT2D eigenvalue weighted by molar-refractivity contribution is -0.120. The van der Waals surface area contributed by atoms with E-state index in [1.54, 1.807) is 12.1 Å². The number of anilines is 1. The number of hydrogen-bond donors (Lipinski definition) is 0. The summed E-state index contributed by atoms with van der Waals surface area (Å²) in [5.41, 5.74) is 1.67. The van der Waals surface area contributed by atoms with E-state index < -0.39 is 0 Å². The second-order valence-corrected chi connectivity index (χ2v) is 8.84. The quantitative estimate of drug-likeness (QED) is 0.656. The van der Waals surface area contributed by atoms with Crippen LogP contribution < -0.4 is 9.64 Å². The van der Waals surface area contributed by atoms with Crippen LogP contribution in [0.1, 0.15) is 38.0 Å². The molecule has 1 aromatic heterocycles. The van der Waals surface area contributed by atoms with E-state index in [1.807, 2.05) is 29.6 Å². The summed E-state index contributed by atoms with van der Waals surface area (Å²) in [6, 6.07) is 11.1. The number of hydrogen-bond acceptors (Lipinski definition) is 5. The van der Waals surface area contributed by atoms with Crippen LogP contribution >= 0.6 is 11.3 Å². The fourth-order valence-corrected chi connectivity index (χ4v) is 4.52. The van der Waals surface area contributed by atoms with Crippen molar-refractivity contribution in [2.45, 2.75) is 33.1 Å². The van der Waals surface area contributed by atoms with Crippen molar-refractivity contribution in [3.05, 3.63) is 52.4 Å². The summed E-state index contributed by atoms with van der Waals surface area (Å²) in [6.45, 7) is 6.45. The van der Waals surface area contributed by atoms with E-state index in [9.17, 15) is 9.59 Å². The number of rotatable bonds is 6. The van der Waals surface area contributed by atoms with Crippen molar-refractivity contribution in [1.29, 1.82) is 0 Å². The molecule has 4 rings (SSSR count). The summed E-state index contributed by atoms with van der Waals surface area (Å²) in [4.78, 5) is 31.0. The van der Waals surface area contributed by atoms with Crippen molar-refractivity contribution in [2.24, 2.45) is 5.92 Å². The third kappa shape index (κ3) is 3.94. The van der Waals surface area contributed by atoms with Gasteiger partial charge in [0.2, 0.25) is 0 Å². The van der Waals surface area contributed by atoms with E-state index >= 15 is 0 Å². The van der Waals surface area contributed by atoms with Crippen LogP contribution in [-0.4, -0.2) is 36.4 Å². The van der Waals surface area contributed by atoms with Crippen LogP contribution in [0.4, 0.5) is 5.69 Å². The molecule has 0 atom stereocenters. The van der Waals surface area contributed by atoms with Gasteiger partial charge in [-0.1, -0.05) is 19.9 Å². The number of thiophene rings is 1. The number of nitrogens with zero attached hydrogens (tertiary/aromatic N) is 2. The number of likely N-dealkylation sites (tertiary alicyclic amines) is 1. The van der Waals surface area contributed by atoms with E-state index in [0.29, 0.717) is 29.5 Å². The first-order valence-electron chi connectivity index (χ1n) is 10.2. The molecular weight excluding hydrogens is 384 g/mol. The predicted octanol–water partition coefficient (Wildman–Crippen LogP) is 4.55. The first-order chi connectivity index (χ1) is 14.1. The normalized spacial score (nSPS) is 17.6. The van der Waals surface area contributed by atoms with E-state index in [0.717, 1.165) is 36.6 Å². The average Bonchev–Trinajstić information content (AvgIpc) is 3.34. The second-order valence-electron chi connectivity index (χ2n) is 7.89. The van der Waals surface area contributed by atoms with E-state index in [1.165, 1.54) is 22.7 Å². The lowest BCUT2D eigenvalue weighted by atomic mass is 10.1. The Kier molecular flexibility index (Phi) is 5.72. The molecule has 5 nitrogen and oxygen atoms in total. The molecule has 0 aliphatic carbocycles. The lowest BCUT2D eigenvalue weighted by Crippen LogP contribution is -2.37. The Hall–Kier alpha value is -2.60. The van der Waals surface area contributed by atoms with Gasteiger partial charge in [-0.25, -0.2) is 4.90 Å². The average molecular weight is 411 g/mol. The number of carbonyl (C=O) groups is 2. The number of imide groups is 1. The van der Waals surface area contributed by atoms with Gasteiger partial charge in [0.15, 0.2) is 0 Å². The molecule has 1 fully saturated rings. The van der Waals surface area contributed by atoms with Crippen LogP contribution in [0, 0.1) is 5.92 Å². The molecule has 2 aromatic rings. The van der Waals surface area contributed by atoms with Crippen molar-refractivity contribution < 1.29 is 14.3 Å². The Morgan fingerprint density at radius 2 is 1.72 bits per heavy atom. The second kappa shape index (κ2) is 8.41. The highest BCUT2D eigenvalue weighted by Gasteiger charge is 2.43. The van der Waals surface area contributed by atoms with Gasteiger partial charge >= 0.3 is 0 Å². The Morgan fingerprint density at radius 1 is 1.00 bits per heavy atom. The topological polar surface area (TPSA) is 49.9 Å². The van der Waals surface area contributed by atoms with E-state index in [4.69, 9.17) is 4.74 Å². The van der Waals surface area contributed by atoms with Crippen LogP contribution in [0.5, 0.6) is 5.75 Å². The summed E-state index contributed by atoms with van der Waals surface area (Å²) in [6.07, 6.45) is 3.26. The largest absolute Gasteiger partial charge is 0.493 e. The van der Waals surface area contributed by atoms with Crippen LogP contribution in [0.25, 0.3) is 5.57 Å². The monoisotopic (exact) mass is 410 g/mol. The molecule has 0 unspecified atom stereocenters. The number of piperidine rings is 1. The van der Waals surface area contributed by atoms with Crippen LogP contribution in [-0.2, 0) is 9.59 Å². The van der Waals surface area contributed by atoms with Crippen molar-refractivity contribution in [2.75, 3.05) is 24.6 Å². The summed E-state index contributed by atoms with van der Waals surface area (Å²) in [7, 11) is 0. The molecule has 0 spiro atoms. The van der Waals surface area contributed by atoms with Crippen molar-refractivity contribution in [3.63, 3.8) is 0 Å². The zero-order valence-corrected chi connectivity index (χ0v) is 17.7. The number of amides is 2. The molecular formula is C23H26N2O3S. The van der Waals surface area contributed by atoms with Crippen LogP contribution in [0.15, 0.2) is 47.5 Å². The molecule has 0 saturated carbocycles. The van der Waals surface area contributed by atoms with Crippen molar-refractivity contribution in [3.8, 4) is 5.75 Å². The van der Waals surface area contributed by atoms with Gasteiger partial charge < -0.3 is 9.64 Å². The maximum absolute atomic E-state index is 13.4. The van der Waals surface area contributed by atoms with Gasteiger partial charge in [-0.2, -0.15) is 0 Å². The summed E-state index contributed by atoms with van der Waals surface area (Å²) in [5.74, 6) is 0.704. The molecule has 2 aliphatic rings. The van der Waals surface area contributed by atoms with Gasteiger partial charge in [0.1, 0.15) is 11.4 Å². The minimum Gasteiger partial charge on any atom is -0.493 e. The molecule has 152 valence electrons. The highest BCUT2D eigenvalue weighted by Crippen LogP contribution is 2.37. The number of ether oxygens (including phenoxy) is 1. The minimum absolute atomic E-state index is 0.226. The van der Waals surface area contributed by atoms with Crippen molar-refractivity contribution in [1.82, 2.24) is 4.90 Å². The lowest BCUT2D eigenvalue weighted by Gasteiger charge is -2.29. The molecule has 1 aromatic carbocycles. The SMILES string of the molecule is CC(C)COc1ccc(N2C(=O)C(c3cccs3)=C(N3CCCCC3)C2=O)cc1. The first kappa shape index (κ1) is 19.7. The molecule has 3 heterocycles. The van der Waals surface area contributed by atoms with Gasteiger partial charge in [-0.3, -0.25) is 9.59 Å². The maximum Gasteiger partial charge on any atom is 0.282 e. The molecule has 1 saturated heterocycles. The predicted molar refractivity (Wildman–Crippen MR) is 116 cm³/mol. The first-order valence-corrected chi connectivity index (χ1v) is 11.1. The van der Waals surface area contributed by atoms with Gasteiger partial charge in [-0.15, -0.1) is 11.3 Å². The van der Waals surface area contributed by atoms with Gasteiger partial charge in [0.25, 0.3) is 11.8 Å². The molecule has 2 amide bonds. The van der Waals surface area contributed by atoms with Gasteiger partial charge in [0, 0.05) is 18.0 Å². The molecule has 29 heavy (non-hydrogen) atoms. The number of carbonyl (C=O) groups excluding carboxylic acids is 2. The van der Waals surface area contributed by atoms with Gasteiger partial charge in [-0.05, 0) is 60.9 Å². The van der Waals surface area contributed by atoms with Crippen LogP contribution in [0.3, 0.4) is 0 Å². The highest BCUT2D eigenvalue weighted by molar-refractivity contribution is 7.11. The third-order valence-electron chi connectivity index (χ3n) is 5.18. The van der Waals surface area contributed by atoms with E-state index in [2.05, 4.69) is 18.7 Å². The highest BCUT2D eigenvalue weighted by atomic mass is 32.1. The number of benzene rings is 1. The van der Waals surface area contributed by atoms with E-state index in [-0.39, 0.29) is 11.8 Å². The summed E-state index contributed by atoms with van der Waals surface area (Å²) >= 11 is 1.50. The Labute approximate surface area is 175 Å². The third-order valence-corrected chi connectivity index (χ3v) is 6.06. The Morgan fingerprint density at radius 3 is 2.34 bits per heavy atom.